The van der Waals surface area contributed by atoms with Crippen molar-refractivity contribution in [1.29, 1.82) is 0 Å². The van der Waals surface area contributed by atoms with E-state index in [1.807, 2.05) is 9.97 Å². The third kappa shape index (κ3) is 2.80. The molecule has 0 spiro atoms. The van der Waals surface area contributed by atoms with E-state index in [9.17, 15) is 24.6 Å². The Balaban J connectivity index is 2.40. The standard InChI is InChI=1S/C12H9N3O5/c16-9-8(10(17)15-12(20)14-9)5-13-7-3-1-2-6(4-7)11(18)19/h1-5H,(H,18,19)(H3,14,15,16,17,20)/p-1. The van der Waals surface area contributed by atoms with E-state index in [1.165, 1.54) is 24.3 Å². The minimum atomic E-state index is -1.35. The monoisotopic (exact) mass is 274 g/mol. The van der Waals surface area contributed by atoms with Gasteiger partial charge in [0.25, 0.3) is 5.56 Å². The first-order valence-corrected chi connectivity index (χ1v) is 5.38. The molecular formula is C12H8N3O5-. The Morgan fingerprint density at radius 3 is 2.70 bits per heavy atom. The molecule has 1 aromatic heterocycles. The zero-order chi connectivity index (χ0) is 14.7. The molecule has 8 nitrogen and oxygen atoms in total. The zero-order valence-electron chi connectivity index (χ0n) is 9.91. The molecule has 0 bridgehead atoms. The van der Waals surface area contributed by atoms with Crippen LogP contribution in [0.1, 0.15) is 15.9 Å². The minimum Gasteiger partial charge on any atom is -0.545 e. The summed E-state index contributed by atoms with van der Waals surface area (Å²) in [7, 11) is 0. The van der Waals surface area contributed by atoms with Crippen LogP contribution < -0.4 is 16.4 Å². The van der Waals surface area contributed by atoms with Gasteiger partial charge in [-0.3, -0.25) is 19.8 Å². The SMILES string of the molecule is O=C([O-])c1cccc(N=Cc2c(O)[nH]c(=O)[nH]c2=O)c1. The molecule has 0 saturated carbocycles. The number of hydrogen-bond acceptors (Lipinski definition) is 6. The summed E-state index contributed by atoms with van der Waals surface area (Å²) in [5.41, 5.74) is -1.73. The number of aromatic carboxylic acids is 1. The van der Waals surface area contributed by atoms with Crippen molar-refractivity contribution >= 4 is 17.9 Å². The molecule has 0 aliphatic rings. The molecule has 3 N–H and O–H groups in total. The van der Waals surface area contributed by atoms with Crippen LogP contribution in [0, 0.1) is 0 Å². The van der Waals surface area contributed by atoms with Crippen LogP contribution in [0.15, 0.2) is 38.8 Å². The molecule has 0 aliphatic carbocycles. The lowest BCUT2D eigenvalue weighted by Gasteiger charge is -2.02. The number of rotatable bonds is 3. The van der Waals surface area contributed by atoms with E-state index < -0.39 is 23.1 Å². The van der Waals surface area contributed by atoms with Gasteiger partial charge in [0, 0.05) is 6.21 Å². The van der Waals surface area contributed by atoms with Crippen LogP contribution in [-0.4, -0.2) is 27.3 Å². The highest BCUT2D eigenvalue weighted by Gasteiger charge is 2.05. The van der Waals surface area contributed by atoms with Gasteiger partial charge in [0.1, 0.15) is 5.56 Å². The van der Waals surface area contributed by atoms with Gasteiger partial charge in [0.05, 0.1) is 11.7 Å². The van der Waals surface area contributed by atoms with Gasteiger partial charge in [-0.15, -0.1) is 0 Å². The van der Waals surface area contributed by atoms with E-state index in [1.54, 1.807) is 0 Å². The maximum atomic E-state index is 11.4. The van der Waals surface area contributed by atoms with Gasteiger partial charge in [-0.1, -0.05) is 12.1 Å². The average molecular weight is 274 g/mol. The van der Waals surface area contributed by atoms with Gasteiger partial charge >= 0.3 is 5.69 Å². The van der Waals surface area contributed by atoms with Crippen molar-refractivity contribution in [2.24, 2.45) is 4.99 Å². The number of carbonyl (C=O) groups excluding carboxylic acids is 1. The number of carbonyl (C=O) groups is 1. The number of nitrogens with one attached hydrogen (secondary N) is 2. The fraction of sp³-hybridized carbons (Fsp3) is 0. The van der Waals surface area contributed by atoms with Crippen molar-refractivity contribution < 1.29 is 15.0 Å². The zero-order valence-corrected chi connectivity index (χ0v) is 9.91. The largest absolute Gasteiger partial charge is 0.545 e. The quantitative estimate of drug-likeness (QED) is 0.608. The van der Waals surface area contributed by atoms with Crippen molar-refractivity contribution in [3.05, 3.63) is 56.2 Å². The van der Waals surface area contributed by atoms with Gasteiger partial charge < -0.3 is 15.0 Å². The predicted molar refractivity (Wildman–Crippen MR) is 67.4 cm³/mol. The molecule has 1 heterocycles. The Morgan fingerprint density at radius 2 is 2.05 bits per heavy atom. The molecule has 0 saturated heterocycles. The van der Waals surface area contributed by atoms with Gasteiger partial charge in [0.15, 0.2) is 0 Å². The maximum absolute atomic E-state index is 11.4. The Hall–Kier alpha value is -3.16. The molecule has 1 aromatic carbocycles. The Labute approximate surface area is 111 Å². The molecule has 0 atom stereocenters. The molecule has 0 fully saturated rings. The number of benzene rings is 1. The van der Waals surface area contributed by atoms with Gasteiger partial charge in [0.2, 0.25) is 5.88 Å². The first kappa shape index (κ1) is 13.3. The van der Waals surface area contributed by atoms with E-state index >= 15 is 0 Å². The fourth-order valence-electron chi connectivity index (χ4n) is 1.46. The smallest absolute Gasteiger partial charge is 0.328 e. The lowest BCUT2D eigenvalue weighted by molar-refractivity contribution is -0.255. The number of aromatic hydroxyl groups is 1. The molecule has 0 unspecified atom stereocenters. The van der Waals surface area contributed by atoms with Crippen LogP contribution in [0.4, 0.5) is 5.69 Å². The lowest BCUT2D eigenvalue weighted by Crippen LogP contribution is -2.24. The van der Waals surface area contributed by atoms with Crippen molar-refractivity contribution in [1.82, 2.24) is 9.97 Å². The summed E-state index contributed by atoms with van der Waals surface area (Å²) in [5, 5.41) is 20.1. The summed E-state index contributed by atoms with van der Waals surface area (Å²) in [6, 6.07) is 5.52. The molecular weight excluding hydrogens is 266 g/mol. The third-order valence-electron chi connectivity index (χ3n) is 2.38. The molecule has 0 aliphatic heterocycles. The molecule has 102 valence electrons. The topological polar surface area (TPSA) is 138 Å². The van der Waals surface area contributed by atoms with Crippen LogP contribution in [0.3, 0.4) is 0 Å². The van der Waals surface area contributed by atoms with Crippen molar-refractivity contribution in [2.75, 3.05) is 0 Å². The summed E-state index contributed by atoms with van der Waals surface area (Å²) in [6.45, 7) is 0. The van der Waals surface area contributed by atoms with E-state index in [0.717, 1.165) is 6.21 Å². The van der Waals surface area contributed by atoms with Crippen LogP contribution in [0.5, 0.6) is 5.88 Å². The van der Waals surface area contributed by atoms with Crippen molar-refractivity contribution in [2.45, 2.75) is 0 Å². The Kier molecular flexibility index (Phi) is 3.47. The highest BCUT2D eigenvalue weighted by Crippen LogP contribution is 2.14. The van der Waals surface area contributed by atoms with Crippen molar-refractivity contribution in [3.8, 4) is 5.88 Å². The van der Waals surface area contributed by atoms with Crippen LogP contribution >= 0.6 is 0 Å². The van der Waals surface area contributed by atoms with E-state index in [-0.39, 0.29) is 16.8 Å². The van der Waals surface area contributed by atoms with Gasteiger partial charge in [-0.2, -0.15) is 0 Å². The third-order valence-corrected chi connectivity index (χ3v) is 2.38. The highest BCUT2D eigenvalue weighted by molar-refractivity contribution is 5.88. The number of H-pyrrole nitrogens is 2. The van der Waals surface area contributed by atoms with Crippen LogP contribution in [-0.2, 0) is 0 Å². The number of nitrogens with zero attached hydrogens (tertiary/aromatic N) is 1. The number of aliphatic imine (C=N–C) groups is 1. The van der Waals surface area contributed by atoms with E-state index in [0.29, 0.717) is 0 Å². The van der Waals surface area contributed by atoms with E-state index in [4.69, 9.17) is 0 Å². The predicted octanol–water partition coefficient (Wildman–Crippen LogP) is -1.12. The number of carboxylic acids is 1. The Morgan fingerprint density at radius 1 is 1.30 bits per heavy atom. The normalized spacial score (nSPS) is 10.8. The average Bonchev–Trinajstić information content (AvgIpc) is 2.37. The minimum absolute atomic E-state index is 0.0701. The fourth-order valence-corrected chi connectivity index (χ4v) is 1.46. The Bertz CT molecular complexity index is 803. The molecule has 2 aromatic rings. The second kappa shape index (κ2) is 5.22. The number of hydrogen-bond donors (Lipinski definition) is 3. The highest BCUT2D eigenvalue weighted by atomic mass is 16.4. The maximum Gasteiger partial charge on any atom is 0.328 e. The summed E-state index contributed by atoms with van der Waals surface area (Å²) in [4.78, 5) is 40.7. The molecule has 2 rings (SSSR count). The molecule has 20 heavy (non-hydrogen) atoms. The van der Waals surface area contributed by atoms with Crippen LogP contribution in [0.25, 0.3) is 0 Å². The summed E-state index contributed by atoms with van der Waals surface area (Å²) >= 11 is 0. The first-order valence-electron chi connectivity index (χ1n) is 5.38. The lowest BCUT2D eigenvalue weighted by atomic mass is 10.2. The summed E-state index contributed by atoms with van der Waals surface area (Å²) < 4.78 is 0. The molecule has 8 heteroatoms. The summed E-state index contributed by atoms with van der Waals surface area (Å²) in [6.07, 6.45) is 1.01. The number of carboxylic acid groups (broad SMARTS) is 1. The second-order valence-electron chi connectivity index (χ2n) is 3.77. The molecule has 0 amide bonds. The van der Waals surface area contributed by atoms with Crippen LogP contribution in [0.2, 0.25) is 0 Å². The van der Waals surface area contributed by atoms with Gasteiger partial charge in [-0.05, 0) is 17.7 Å². The van der Waals surface area contributed by atoms with Gasteiger partial charge in [-0.25, -0.2) is 4.79 Å². The number of aromatic amines is 2. The molecule has 0 radical (unpaired) electrons. The summed E-state index contributed by atoms with van der Waals surface area (Å²) in [5.74, 6) is -1.98. The van der Waals surface area contributed by atoms with Crippen molar-refractivity contribution in [3.63, 3.8) is 0 Å². The first-order chi connectivity index (χ1) is 9.47. The number of aromatic nitrogens is 2. The second-order valence-corrected chi connectivity index (χ2v) is 3.77. The van der Waals surface area contributed by atoms with E-state index in [2.05, 4.69) is 4.99 Å².